The van der Waals surface area contributed by atoms with Crippen LogP contribution in [0, 0.1) is 5.92 Å². The van der Waals surface area contributed by atoms with E-state index < -0.39 is 0 Å². The molecule has 0 bridgehead atoms. The van der Waals surface area contributed by atoms with E-state index in [0.29, 0.717) is 12.3 Å². The standard InChI is InChI=1S/C28H35ClN2O2/c1-21(32)31-17-13-23-9-10-25(19-24(23)14-18-31)28(33)8-4-5-22-11-15-30(16-12-22)20-26-6-2-3-7-27(26)29/h2-3,6-7,9-10,19,22H,4-5,8,11-18,20H2,1H3. The minimum Gasteiger partial charge on any atom is -0.342 e. The molecule has 0 aliphatic carbocycles. The lowest BCUT2D eigenvalue weighted by Gasteiger charge is -2.32. The number of hydrogen-bond acceptors (Lipinski definition) is 3. The molecule has 4 nitrogen and oxygen atoms in total. The van der Waals surface area contributed by atoms with Crippen LogP contribution in [-0.4, -0.2) is 47.7 Å². The maximum atomic E-state index is 12.8. The highest BCUT2D eigenvalue weighted by atomic mass is 35.5. The quantitative estimate of drug-likeness (QED) is 0.502. The maximum absolute atomic E-state index is 12.8. The molecule has 0 radical (unpaired) electrons. The number of nitrogens with zero attached hydrogens (tertiary/aromatic N) is 2. The molecule has 5 heteroatoms. The Morgan fingerprint density at radius 3 is 2.42 bits per heavy atom. The average Bonchev–Trinajstić information content (AvgIpc) is 3.04. The summed E-state index contributed by atoms with van der Waals surface area (Å²) in [6, 6.07) is 14.3. The summed E-state index contributed by atoms with van der Waals surface area (Å²) in [5, 5.41) is 0.854. The van der Waals surface area contributed by atoms with Gasteiger partial charge in [-0.2, -0.15) is 0 Å². The zero-order valence-corrected chi connectivity index (χ0v) is 20.4. The van der Waals surface area contributed by atoms with E-state index in [9.17, 15) is 9.59 Å². The number of rotatable bonds is 7. The maximum Gasteiger partial charge on any atom is 0.219 e. The number of halogens is 1. The largest absolute Gasteiger partial charge is 0.342 e. The van der Waals surface area contributed by atoms with Gasteiger partial charge in [0.2, 0.25) is 5.91 Å². The molecule has 1 fully saturated rings. The van der Waals surface area contributed by atoms with Crippen LogP contribution in [0.4, 0.5) is 0 Å². The van der Waals surface area contributed by atoms with Gasteiger partial charge in [-0.3, -0.25) is 14.5 Å². The van der Waals surface area contributed by atoms with E-state index in [-0.39, 0.29) is 11.7 Å². The Hall–Kier alpha value is -2.17. The highest BCUT2D eigenvalue weighted by Gasteiger charge is 2.21. The monoisotopic (exact) mass is 466 g/mol. The zero-order valence-electron chi connectivity index (χ0n) is 19.7. The van der Waals surface area contributed by atoms with Gasteiger partial charge in [0.25, 0.3) is 0 Å². The number of fused-ring (bicyclic) bond motifs is 1. The molecule has 176 valence electrons. The molecular weight excluding hydrogens is 432 g/mol. The number of likely N-dealkylation sites (tertiary alicyclic amines) is 1. The van der Waals surface area contributed by atoms with Gasteiger partial charge in [0.1, 0.15) is 0 Å². The van der Waals surface area contributed by atoms with Gasteiger partial charge in [-0.05, 0) is 86.4 Å². The van der Waals surface area contributed by atoms with Crippen molar-refractivity contribution in [1.29, 1.82) is 0 Å². The molecule has 0 saturated carbocycles. The fourth-order valence-electron chi connectivity index (χ4n) is 5.21. The van der Waals surface area contributed by atoms with Crippen LogP contribution in [0.15, 0.2) is 42.5 Å². The Bertz CT molecular complexity index is 982. The molecule has 0 unspecified atom stereocenters. The van der Waals surface area contributed by atoms with E-state index in [0.717, 1.165) is 69.0 Å². The van der Waals surface area contributed by atoms with Crippen molar-refractivity contribution in [3.63, 3.8) is 0 Å². The van der Waals surface area contributed by atoms with E-state index in [4.69, 9.17) is 11.6 Å². The van der Waals surface area contributed by atoms with Gasteiger partial charge in [0.15, 0.2) is 5.78 Å². The Kier molecular flexibility index (Phi) is 8.21. The van der Waals surface area contributed by atoms with Crippen LogP contribution in [0.3, 0.4) is 0 Å². The van der Waals surface area contributed by atoms with Crippen LogP contribution < -0.4 is 0 Å². The lowest BCUT2D eigenvalue weighted by atomic mass is 9.90. The van der Waals surface area contributed by atoms with Crippen LogP contribution in [0.2, 0.25) is 5.02 Å². The van der Waals surface area contributed by atoms with Crippen molar-refractivity contribution in [2.24, 2.45) is 5.92 Å². The Balaban J connectivity index is 1.20. The topological polar surface area (TPSA) is 40.6 Å². The molecule has 0 atom stereocenters. The number of ketones is 1. The summed E-state index contributed by atoms with van der Waals surface area (Å²) in [6.45, 7) is 6.28. The number of carbonyl (C=O) groups excluding carboxylic acids is 2. The summed E-state index contributed by atoms with van der Waals surface area (Å²) in [4.78, 5) is 28.9. The number of hydrogen-bond donors (Lipinski definition) is 0. The molecule has 0 aromatic heterocycles. The molecule has 1 saturated heterocycles. The summed E-state index contributed by atoms with van der Waals surface area (Å²) in [5.74, 6) is 1.10. The Morgan fingerprint density at radius 2 is 1.70 bits per heavy atom. The van der Waals surface area contributed by atoms with Crippen LogP contribution >= 0.6 is 11.6 Å². The fourth-order valence-corrected chi connectivity index (χ4v) is 5.41. The van der Waals surface area contributed by atoms with Crippen molar-refractivity contribution >= 4 is 23.3 Å². The second kappa shape index (κ2) is 11.3. The van der Waals surface area contributed by atoms with Crippen LogP contribution in [-0.2, 0) is 24.2 Å². The first-order valence-electron chi connectivity index (χ1n) is 12.4. The summed E-state index contributed by atoms with van der Waals surface area (Å²) >= 11 is 6.31. The van der Waals surface area contributed by atoms with E-state index in [1.807, 2.05) is 23.1 Å². The van der Waals surface area contributed by atoms with Crippen LogP contribution in [0.5, 0.6) is 0 Å². The first-order chi connectivity index (χ1) is 16.0. The lowest BCUT2D eigenvalue weighted by molar-refractivity contribution is -0.128. The first-order valence-corrected chi connectivity index (χ1v) is 12.7. The minimum atomic E-state index is 0.133. The number of amides is 1. The number of benzene rings is 2. The second-order valence-corrected chi connectivity index (χ2v) is 10.0. The third kappa shape index (κ3) is 6.45. The van der Waals surface area contributed by atoms with Crippen molar-refractivity contribution in [3.05, 3.63) is 69.7 Å². The van der Waals surface area contributed by atoms with Crippen LogP contribution in [0.1, 0.15) is 66.1 Å². The number of piperidine rings is 1. The fraction of sp³-hybridized carbons (Fsp3) is 0.500. The van der Waals surface area contributed by atoms with E-state index in [1.165, 1.54) is 29.5 Å². The van der Waals surface area contributed by atoms with Gasteiger partial charge in [-0.15, -0.1) is 0 Å². The molecule has 2 aromatic carbocycles. The van der Waals surface area contributed by atoms with E-state index >= 15 is 0 Å². The van der Waals surface area contributed by atoms with Crippen molar-refractivity contribution in [3.8, 4) is 0 Å². The molecule has 33 heavy (non-hydrogen) atoms. The Labute approximate surface area is 202 Å². The van der Waals surface area contributed by atoms with Crippen molar-refractivity contribution in [1.82, 2.24) is 9.80 Å². The molecular formula is C28H35ClN2O2. The Morgan fingerprint density at radius 1 is 0.970 bits per heavy atom. The van der Waals surface area contributed by atoms with Crippen molar-refractivity contribution < 1.29 is 9.59 Å². The van der Waals surface area contributed by atoms with Gasteiger partial charge >= 0.3 is 0 Å². The smallest absolute Gasteiger partial charge is 0.219 e. The summed E-state index contributed by atoms with van der Waals surface area (Å²) in [6.07, 6.45) is 6.82. The SMILES string of the molecule is CC(=O)N1CCc2ccc(C(=O)CCCC3CCN(Cc4ccccc4Cl)CC3)cc2CC1. The van der Waals surface area contributed by atoms with Crippen molar-refractivity contribution in [2.45, 2.75) is 58.4 Å². The molecule has 2 aromatic rings. The molecule has 2 aliphatic heterocycles. The normalized spacial score (nSPS) is 17.5. The second-order valence-electron chi connectivity index (χ2n) is 9.62. The van der Waals surface area contributed by atoms with Gasteiger partial charge in [0.05, 0.1) is 0 Å². The lowest BCUT2D eigenvalue weighted by Crippen LogP contribution is -2.33. The van der Waals surface area contributed by atoms with Gasteiger partial charge in [-0.1, -0.05) is 41.9 Å². The molecule has 4 rings (SSSR count). The van der Waals surface area contributed by atoms with Gasteiger partial charge in [0, 0.05) is 43.6 Å². The predicted molar refractivity (Wildman–Crippen MR) is 134 cm³/mol. The molecule has 2 aliphatic rings. The molecule has 0 spiro atoms. The summed E-state index contributed by atoms with van der Waals surface area (Å²) in [7, 11) is 0. The average molecular weight is 467 g/mol. The number of Topliss-reactive ketones (excluding diaryl/α,β-unsaturated/α-hetero) is 1. The van der Waals surface area contributed by atoms with E-state index in [2.05, 4.69) is 29.2 Å². The highest BCUT2D eigenvalue weighted by molar-refractivity contribution is 6.31. The number of carbonyl (C=O) groups is 2. The molecule has 2 heterocycles. The highest BCUT2D eigenvalue weighted by Crippen LogP contribution is 2.26. The first kappa shape index (κ1) is 24.0. The minimum absolute atomic E-state index is 0.133. The third-order valence-corrected chi connectivity index (χ3v) is 7.72. The van der Waals surface area contributed by atoms with Crippen molar-refractivity contribution in [2.75, 3.05) is 26.2 Å². The van der Waals surface area contributed by atoms with Crippen LogP contribution in [0.25, 0.3) is 0 Å². The summed E-state index contributed by atoms with van der Waals surface area (Å²) in [5.41, 5.74) is 4.55. The predicted octanol–water partition coefficient (Wildman–Crippen LogP) is 5.55. The third-order valence-electron chi connectivity index (χ3n) is 7.35. The zero-order chi connectivity index (χ0) is 23.2. The molecule has 1 amide bonds. The van der Waals surface area contributed by atoms with Gasteiger partial charge < -0.3 is 4.90 Å². The van der Waals surface area contributed by atoms with Gasteiger partial charge in [-0.25, -0.2) is 0 Å². The van der Waals surface area contributed by atoms with E-state index in [1.54, 1.807) is 6.92 Å². The molecule has 0 N–H and O–H groups in total. The summed E-state index contributed by atoms with van der Waals surface area (Å²) < 4.78 is 0.